The first-order valence-corrected chi connectivity index (χ1v) is 6.70. The Bertz CT molecular complexity index is 269. The number of nitrogens with two attached hydrogens (primary N) is 1. The fourth-order valence-electron chi connectivity index (χ4n) is 1.91. The summed E-state index contributed by atoms with van der Waals surface area (Å²) in [5.74, 6) is 0.495. The molecule has 1 rings (SSSR count). The van der Waals surface area contributed by atoms with E-state index in [4.69, 9.17) is 5.73 Å². The zero-order valence-corrected chi connectivity index (χ0v) is 9.76. The molecule has 0 aromatic rings. The molecule has 1 aliphatic rings. The topological polar surface area (TPSA) is 63.4 Å². The molecule has 2 N–H and O–H groups in total. The predicted octanol–water partition coefficient (Wildman–Crippen LogP) is 0.395. The van der Waals surface area contributed by atoms with Gasteiger partial charge in [-0.25, -0.2) is 12.7 Å². The monoisotopic (exact) mass is 220 g/mol. The smallest absolute Gasteiger partial charge is 0.215 e. The summed E-state index contributed by atoms with van der Waals surface area (Å²) >= 11 is 0. The van der Waals surface area contributed by atoms with Gasteiger partial charge >= 0.3 is 0 Å². The van der Waals surface area contributed by atoms with Gasteiger partial charge in [0.15, 0.2) is 0 Å². The van der Waals surface area contributed by atoms with Crippen LogP contribution in [0.2, 0.25) is 0 Å². The van der Waals surface area contributed by atoms with Crippen molar-refractivity contribution in [2.75, 3.05) is 19.8 Å². The number of rotatable bonds is 4. The molecule has 0 spiro atoms. The van der Waals surface area contributed by atoms with Crippen molar-refractivity contribution in [2.24, 2.45) is 11.7 Å². The lowest BCUT2D eigenvalue weighted by molar-refractivity contribution is 0.443. The second kappa shape index (κ2) is 4.59. The van der Waals surface area contributed by atoms with E-state index in [2.05, 4.69) is 0 Å². The highest BCUT2D eigenvalue weighted by Gasteiger charge is 2.27. The minimum Gasteiger partial charge on any atom is -0.326 e. The fraction of sp³-hybridized carbons (Fsp3) is 1.00. The summed E-state index contributed by atoms with van der Waals surface area (Å²) in [4.78, 5) is 0. The van der Waals surface area contributed by atoms with Gasteiger partial charge < -0.3 is 5.73 Å². The number of nitrogens with zero attached hydrogens (tertiary/aromatic N) is 1. The van der Waals surface area contributed by atoms with Gasteiger partial charge in [0.1, 0.15) is 0 Å². The average molecular weight is 220 g/mol. The van der Waals surface area contributed by atoms with Crippen molar-refractivity contribution in [1.29, 1.82) is 0 Å². The Morgan fingerprint density at radius 2 is 1.86 bits per heavy atom. The highest BCUT2D eigenvalue weighted by Crippen LogP contribution is 2.27. The van der Waals surface area contributed by atoms with Gasteiger partial charge in [-0.05, 0) is 18.8 Å². The molecule has 0 radical (unpaired) electrons. The van der Waals surface area contributed by atoms with Gasteiger partial charge in [0.25, 0.3) is 0 Å². The van der Waals surface area contributed by atoms with Crippen LogP contribution in [0.5, 0.6) is 0 Å². The van der Waals surface area contributed by atoms with Gasteiger partial charge in [-0.1, -0.05) is 12.8 Å². The molecule has 0 aliphatic heterocycles. The standard InChI is InChI=1S/C9H20N2O2S/c1-11(2)14(12,13)7-9(10)8-5-3-4-6-8/h8-9H,3-7,10H2,1-2H3. The summed E-state index contributed by atoms with van der Waals surface area (Å²) in [7, 11) is -0.0220. The molecule has 5 heteroatoms. The summed E-state index contributed by atoms with van der Waals surface area (Å²) in [6, 6.07) is -0.190. The van der Waals surface area contributed by atoms with Gasteiger partial charge in [0.05, 0.1) is 5.75 Å². The van der Waals surface area contributed by atoms with Crippen molar-refractivity contribution in [3.05, 3.63) is 0 Å². The van der Waals surface area contributed by atoms with Gasteiger partial charge in [-0.2, -0.15) is 0 Å². The Hall–Kier alpha value is -0.130. The molecule has 1 fully saturated rings. The third-order valence-electron chi connectivity index (χ3n) is 2.96. The second-order valence-electron chi connectivity index (χ2n) is 4.27. The van der Waals surface area contributed by atoms with Crippen molar-refractivity contribution >= 4 is 10.0 Å². The summed E-state index contributed by atoms with van der Waals surface area (Å²) in [5, 5.41) is 0. The molecule has 1 saturated carbocycles. The van der Waals surface area contributed by atoms with Crippen LogP contribution in [0, 0.1) is 5.92 Å². The highest BCUT2D eigenvalue weighted by molar-refractivity contribution is 7.89. The van der Waals surface area contributed by atoms with Crippen LogP contribution in [-0.4, -0.2) is 38.6 Å². The number of hydrogen-bond acceptors (Lipinski definition) is 3. The molecule has 0 amide bonds. The first-order valence-electron chi connectivity index (χ1n) is 5.09. The van der Waals surface area contributed by atoms with Crippen LogP contribution in [0.15, 0.2) is 0 Å². The molecule has 4 nitrogen and oxygen atoms in total. The molecule has 0 heterocycles. The fourth-order valence-corrected chi connectivity index (χ4v) is 2.97. The molecule has 0 saturated heterocycles. The van der Waals surface area contributed by atoms with E-state index < -0.39 is 10.0 Å². The van der Waals surface area contributed by atoms with Crippen LogP contribution >= 0.6 is 0 Å². The molecule has 1 aliphatic carbocycles. The van der Waals surface area contributed by atoms with E-state index in [-0.39, 0.29) is 11.8 Å². The lowest BCUT2D eigenvalue weighted by Gasteiger charge is -2.20. The van der Waals surface area contributed by atoms with E-state index >= 15 is 0 Å². The molecule has 1 unspecified atom stereocenters. The van der Waals surface area contributed by atoms with E-state index in [0.717, 1.165) is 12.8 Å². The van der Waals surface area contributed by atoms with Gasteiger partial charge in [-0.3, -0.25) is 0 Å². The largest absolute Gasteiger partial charge is 0.326 e. The highest BCUT2D eigenvalue weighted by atomic mass is 32.2. The normalized spacial score (nSPS) is 21.7. The van der Waals surface area contributed by atoms with Crippen molar-refractivity contribution in [3.63, 3.8) is 0 Å². The Balaban J connectivity index is 2.51. The molecule has 1 atom stereocenters. The Morgan fingerprint density at radius 1 is 1.36 bits per heavy atom. The summed E-state index contributed by atoms with van der Waals surface area (Å²) in [6.45, 7) is 0. The zero-order valence-electron chi connectivity index (χ0n) is 8.94. The quantitative estimate of drug-likeness (QED) is 0.745. The zero-order chi connectivity index (χ0) is 10.8. The SMILES string of the molecule is CN(C)S(=O)(=O)CC(N)C1CCCC1. The van der Waals surface area contributed by atoms with Crippen molar-refractivity contribution in [3.8, 4) is 0 Å². The van der Waals surface area contributed by atoms with Crippen LogP contribution in [-0.2, 0) is 10.0 Å². The van der Waals surface area contributed by atoms with Crippen LogP contribution in [0.4, 0.5) is 0 Å². The number of sulfonamides is 1. The predicted molar refractivity (Wildman–Crippen MR) is 57.4 cm³/mol. The summed E-state index contributed by atoms with van der Waals surface area (Å²) in [6.07, 6.45) is 4.56. The second-order valence-corrected chi connectivity index (χ2v) is 6.50. The minimum atomic E-state index is -3.13. The van der Waals surface area contributed by atoms with Crippen molar-refractivity contribution in [1.82, 2.24) is 4.31 Å². The van der Waals surface area contributed by atoms with E-state index in [0.29, 0.717) is 5.92 Å². The molecule has 84 valence electrons. The molecule has 0 aromatic carbocycles. The third kappa shape index (κ3) is 2.93. The van der Waals surface area contributed by atoms with E-state index in [1.54, 1.807) is 14.1 Å². The maximum absolute atomic E-state index is 11.5. The Kier molecular flexibility index (Phi) is 3.92. The summed E-state index contributed by atoms with van der Waals surface area (Å²) in [5.41, 5.74) is 5.90. The third-order valence-corrected chi connectivity index (χ3v) is 4.88. The van der Waals surface area contributed by atoms with E-state index in [9.17, 15) is 8.42 Å². The van der Waals surface area contributed by atoms with Crippen molar-refractivity contribution < 1.29 is 8.42 Å². The Labute approximate surface area is 86.5 Å². The van der Waals surface area contributed by atoms with Crippen molar-refractivity contribution in [2.45, 2.75) is 31.7 Å². The Morgan fingerprint density at radius 3 is 2.29 bits per heavy atom. The molecular weight excluding hydrogens is 200 g/mol. The first kappa shape index (κ1) is 11.9. The lowest BCUT2D eigenvalue weighted by Crippen LogP contribution is -2.40. The lowest BCUT2D eigenvalue weighted by atomic mass is 10.0. The van der Waals surface area contributed by atoms with Crippen LogP contribution in [0.3, 0.4) is 0 Å². The van der Waals surface area contributed by atoms with E-state index in [1.807, 2.05) is 0 Å². The average Bonchev–Trinajstić information content (AvgIpc) is 2.54. The maximum atomic E-state index is 11.5. The van der Waals surface area contributed by atoms with Crippen LogP contribution in [0.25, 0.3) is 0 Å². The van der Waals surface area contributed by atoms with Gasteiger partial charge in [0.2, 0.25) is 10.0 Å². The van der Waals surface area contributed by atoms with Crippen LogP contribution in [0.1, 0.15) is 25.7 Å². The minimum absolute atomic E-state index is 0.0880. The van der Waals surface area contributed by atoms with Gasteiger partial charge in [0, 0.05) is 20.1 Å². The molecule has 0 aromatic heterocycles. The molecular formula is C9H20N2O2S. The summed E-state index contributed by atoms with van der Waals surface area (Å²) < 4.78 is 24.3. The first-order chi connectivity index (χ1) is 6.43. The number of hydrogen-bond donors (Lipinski definition) is 1. The van der Waals surface area contributed by atoms with Crippen LogP contribution < -0.4 is 5.73 Å². The molecule has 0 bridgehead atoms. The van der Waals surface area contributed by atoms with Gasteiger partial charge in [-0.15, -0.1) is 0 Å². The molecule has 14 heavy (non-hydrogen) atoms. The maximum Gasteiger partial charge on any atom is 0.215 e. The van der Waals surface area contributed by atoms with E-state index in [1.165, 1.54) is 17.1 Å².